The molecule has 1 amide bonds. The first-order chi connectivity index (χ1) is 12.7. The summed E-state index contributed by atoms with van der Waals surface area (Å²) in [6, 6.07) is 16.0. The SMILES string of the molecule is C[NH+](Cc1ccc2c(c1)OCO2)[C@H](C(=O)N1CCCC1)c1ccccc1. The molecule has 5 nitrogen and oxygen atoms in total. The van der Waals surface area contributed by atoms with E-state index in [1.54, 1.807) is 0 Å². The molecule has 2 aromatic rings. The summed E-state index contributed by atoms with van der Waals surface area (Å²) in [4.78, 5) is 16.4. The zero-order chi connectivity index (χ0) is 17.9. The van der Waals surface area contributed by atoms with Crippen LogP contribution in [-0.4, -0.2) is 37.7 Å². The van der Waals surface area contributed by atoms with Crippen LogP contribution in [0.25, 0.3) is 0 Å². The Balaban J connectivity index is 1.57. The maximum atomic E-state index is 13.2. The van der Waals surface area contributed by atoms with Gasteiger partial charge in [-0.25, -0.2) is 0 Å². The molecule has 1 saturated heterocycles. The Morgan fingerprint density at radius 2 is 1.81 bits per heavy atom. The highest BCUT2D eigenvalue weighted by Crippen LogP contribution is 2.32. The molecule has 2 heterocycles. The lowest BCUT2D eigenvalue weighted by Crippen LogP contribution is -3.09. The minimum absolute atomic E-state index is 0.195. The van der Waals surface area contributed by atoms with Gasteiger partial charge in [-0.05, 0) is 31.0 Å². The first-order valence-corrected chi connectivity index (χ1v) is 9.27. The highest BCUT2D eigenvalue weighted by Gasteiger charge is 2.34. The van der Waals surface area contributed by atoms with Crippen molar-refractivity contribution in [2.75, 3.05) is 26.9 Å². The van der Waals surface area contributed by atoms with E-state index in [-0.39, 0.29) is 18.7 Å². The minimum atomic E-state index is -0.195. The number of amides is 1. The minimum Gasteiger partial charge on any atom is -0.454 e. The van der Waals surface area contributed by atoms with Crippen molar-refractivity contribution in [2.24, 2.45) is 0 Å². The molecular weight excluding hydrogens is 328 g/mol. The van der Waals surface area contributed by atoms with Crippen LogP contribution in [0, 0.1) is 0 Å². The van der Waals surface area contributed by atoms with Crippen LogP contribution in [-0.2, 0) is 11.3 Å². The molecular formula is C21H25N2O3+. The van der Waals surface area contributed by atoms with E-state index >= 15 is 0 Å². The van der Waals surface area contributed by atoms with Gasteiger partial charge in [0, 0.05) is 24.2 Å². The highest BCUT2D eigenvalue weighted by molar-refractivity contribution is 5.82. The molecule has 0 spiro atoms. The van der Waals surface area contributed by atoms with Gasteiger partial charge in [-0.15, -0.1) is 0 Å². The number of likely N-dealkylation sites (tertiary alicyclic amines) is 1. The van der Waals surface area contributed by atoms with Crippen LogP contribution >= 0.6 is 0 Å². The van der Waals surface area contributed by atoms with Gasteiger partial charge in [-0.2, -0.15) is 0 Å². The van der Waals surface area contributed by atoms with Crippen LogP contribution in [0.1, 0.15) is 30.0 Å². The summed E-state index contributed by atoms with van der Waals surface area (Å²) in [7, 11) is 2.09. The predicted molar refractivity (Wildman–Crippen MR) is 98.2 cm³/mol. The fourth-order valence-corrected chi connectivity index (χ4v) is 3.88. The smallest absolute Gasteiger partial charge is 0.285 e. The van der Waals surface area contributed by atoms with Gasteiger partial charge in [-0.3, -0.25) is 4.79 Å². The monoisotopic (exact) mass is 353 g/mol. The number of nitrogens with zero attached hydrogens (tertiary/aromatic N) is 1. The van der Waals surface area contributed by atoms with Crippen LogP contribution in [0.4, 0.5) is 0 Å². The molecule has 1 unspecified atom stereocenters. The van der Waals surface area contributed by atoms with Gasteiger partial charge in [-0.1, -0.05) is 30.3 Å². The second-order valence-corrected chi connectivity index (χ2v) is 7.09. The molecule has 1 fully saturated rings. The summed E-state index contributed by atoms with van der Waals surface area (Å²) in [5.74, 6) is 1.81. The zero-order valence-electron chi connectivity index (χ0n) is 15.1. The van der Waals surface area contributed by atoms with Gasteiger partial charge in [0.05, 0.1) is 7.05 Å². The number of fused-ring (bicyclic) bond motifs is 1. The van der Waals surface area contributed by atoms with Crippen LogP contribution in [0.15, 0.2) is 48.5 Å². The Hall–Kier alpha value is -2.53. The summed E-state index contributed by atoms with van der Waals surface area (Å²) in [5.41, 5.74) is 2.21. The molecule has 4 rings (SSSR count). The molecule has 5 heteroatoms. The Kier molecular flexibility index (Phi) is 4.80. The lowest BCUT2D eigenvalue weighted by molar-refractivity contribution is -0.916. The average molecular weight is 353 g/mol. The standard InChI is InChI=1S/C21H24N2O3/c1-22(14-16-9-10-18-19(13-16)26-15-25-18)20(17-7-3-2-4-8-17)21(24)23-11-5-6-12-23/h2-4,7-10,13,20H,5-6,11-12,14-15H2,1H3/p+1/t20-/m0/s1. The van der Waals surface area contributed by atoms with Gasteiger partial charge < -0.3 is 19.3 Å². The number of benzene rings is 2. The Morgan fingerprint density at radius 3 is 2.58 bits per heavy atom. The van der Waals surface area contributed by atoms with E-state index in [2.05, 4.69) is 25.2 Å². The van der Waals surface area contributed by atoms with E-state index in [1.807, 2.05) is 35.2 Å². The number of hydrogen-bond acceptors (Lipinski definition) is 3. The Morgan fingerprint density at radius 1 is 1.08 bits per heavy atom. The van der Waals surface area contributed by atoms with E-state index < -0.39 is 0 Å². The van der Waals surface area contributed by atoms with Crippen molar-refractivity contribution in [3.63, 3.8) is 0 Å². The number of rotatable bonds is 5. The summed E-state index contributed by atoms with van der Waals surface area (Å²) < 4.78 is 10.9. The number of carbonyl (C=O) groups is 1. The van der Waals surface area contributed by atoms with Gasteiger partial charge in [0.2, 0.25) is 6.79 Å². The second-order valence-electron chi connectivity index (χ2n) is 7.09. The van der Waals surface area contributed by atoms with E-state index in [0.717, 1.165) is 60.0 Å². The average Bonchev–Trinajstić information content (AvgIpc) is 3.34. The molecule has 2 aliphatic heterocycles. The molecule has 2 aliphatic rings. The molecule has 1 N–H and O–H groups in total. The molecule has 2 atom stereocenters. The van der Waals surface area contributed by atoms with Gasteiger partial charge in [0.15, 0.2) is 17.5 Å². The van der Waals surface area contributed by atoms with Gasteiger partial charge >= 0.3 is 0 Å². The fourth-order valence-electron chi connectivity index (χ4n) is 3.88. The Labute approximate surface area is 154 Å². The Bertz CT molecular complexity index is 772. The third-order valence-corrected chi connectivity index (χ3v) is 5.21. The van der Waals surface area contributed by atoms with Gasteiger partial charge in [0.25, 0.3) is 5.91 Å². The molecule has 0 bridgehead atoms. The van der Waals surface area contributed by atoms with E-state index in [0.29, 0.717) is 0 Å². The van der Waals surface area contributed by atoms with Crippen molar-refractivity contribution >= 4 is 5.91 Å². The van der Waals surface area contributed by atoms with Crippen molar-refractivity contribution in [3.8, 4) is 11.5 Å². The quantitative estimate of drug-likeness (QED) is 0.891. The van der Waals surface area contributed by atoms with Crippen molar-refractivity contribution in [3.05, 3.63) is 59.7 Å². The normalized spacial score (nSPS) is 18.0. The fraction of sp³-hybridized carbons (Fsp3) is 0.381. The van der Waals surface area contributed by atoms with Gasteiger partial charge in [0.1, 0.15) is 6.54 Å². The molecule has 26 heavy (non-hydrogen) atoms. The summed E-state index contributed by atoms with van der Waals surface area (Å²) in [6.45, 7) is 2.77. The number of carbonyl (C=O) groups excluding carboxylic acids is 1. The third kappa shape index (κ3) is 3.40. The number of ether oxygens (including phenoxy) is 2. The molecule has 0 radical (unpaired) electrons. The van der Waals surface area contributed by atoms with Crippen molar-refractivity contribution in [1.82, 2.24) is 4.90 Å². The van der Waals surface area contributed by atoms with E-state index in [1.165, 1.54) is 0 Å². The first-order valence-electron chi connectivity index (χ1n) is 9.27. The predicted octanol–water partition coefficient (Wildman–Crippen LogP) is 1.79. The van der Waals surface area contributed by atoms with Crippen LogP contribution in [0.2, 0.25) is 0 Å². The van der Waals surface area contributed by atoms with Crippen LogP contribution in [0.3, 0.4) is 0 Å². The first kappa shape index (κ1) is 16.9. The number of nitrogens with one attached hydrogen (secondary N) is 1. The van der Waals surface area contributed by atoms with Crippen molar-refractivity contribution < 1.29 is 19.2 Å². The lowest BCUT2D eigenvalue weighted by atomic mass is 10.0. The third-order valence-electron chi connectivity index (χ3n) is 5.21. The number of hydrogen-bond donors (Lipinski definition) is 1. The van der Waals surface area contributed by atoms with E-state index in [9.17, 15) is 4.79 Å². The summed E-state index contributed by atoms with van der Waals surface area (Å²) >= 11 is 0. The largest absolute Gasteiger partial charge is 0.454 e. The van der Waals surface area contributed by atoms with E-state index in [4.69, 9.17) is 9.47 Å². The number of quaternary nitrogens is 1. The summed E-state index contributed by atoms with van der Waals surface area (Å²) in [6.07, 6.45) is 2.21. The van der Waals surface area contributed by atoms with Crippen LogP contribution < -0.4 is 14.4 Å². The topological polar surface area (TPSA) is 43.2 Å². The molecule has 0 aromatic heterocycles. The maximum Gasteiger partial charge on any atom is 0.285 e. The molecule has 0 saturated carbocycles. The zero-order valence-corrected chi connectivity index (χ0v) is 15.1. The van der Waals surface area contributed by atoms with Crippen LogP contribution in [0.5, 0.6) is 11.5 Å². The van der Waals surface area contributed by atoms with Crippen molar-refractivity contribution in [1.29, 1.82) is 0 Å². The molecule has 2 aromatic carbocycles. The second kappa shape index (κ2) is 7.38. The maximum absolute atomic E-state index is 13.2. The molecule has 136 valence electrons. The number of likely N-dealkylation sites (N-methyl/N-ethyl adjacent to an activating group) is 1. The highest BCUT2D eigenvalue weighted by atomic mass is 16.7. The molecule has 0 aliphatic carbocycles. The van der Waals surface area contributed by atoms with Crippen molar-refractivity contribution in [2.45, 2.75) is 25.4 Å². The summed E-state index contributed by atoms with van der Waals surface area (Å²) in [5, 5.41) is 0. The lowest BCUT2D eigenvalue weighted by Gasteiger charge is -2.28.